The fourth-order valence-corrected chi connectivity index (χ4v) is 3.74. The molecule has 1 amide bonds. The van der Waals surface area contributed by atoms with Crippen LogP contribution >= 0.6 is 0 Å². The molecule has 2 aliphatic rings. The van der Waals surface area contributed by atoms with Gasteiger partial charge in [-0.2, -0.15) is 0 Å². The predicted molar refractivity (Wildman–Crippen MR) is 96.8 cm³/mol. The molecular formula is C19H29N3O3. The van der Waals surface area contributed by atoms with Gasteiger partial charge in [-0.1, -0.05) is 19.3 Å². The van der Waals surface area contributed by atoms with E-state index in [-0.39, 0.29) is 5.91 Å². The van der Waals surface area contributed by atoms with E-state index in [2.05, 4.69) is 15.6 Å². The number of pyridine rings is 1. The van der Waals surface area contributed by atoms with Crippen LogP contribution in [0.2, 0.25) is 0 Å². The number of anilines is 1. The summed E-state index contributed by atoms with van der Waals surface area (Å²) >= 11 is 0. The largest absolute Gasteiger partial charge is 0.489 e. The van der Waals surface area contributed by atoms with Gasteiger partial charge in [0, 0.05) is 13.3 Å². The van der Waals surface area contributed by atoms with Gasteiger partial charge >= 0.3 is 0 Å². The van der Waals surface area contributed by atoms with Crippen LogP contribution in [0, 0.1) is 5.92 Å². The zero-order valence-corrected chi connectivity index (χ0v) is 15.1. The van der Waals surface area contributed by atoms with Gasteiger partial charge in [0.15, 0.2) is 11.6 Å². The molecule has 0 aromatic carbocycles. The van der Waals surface area contributed by atoms with Crippen LogP contribution in [-0.2, 0) is 9.53 Å². The summed E-state index contributed by atoms with van der Waals surface area (Å²) in [6.07, 6.45) is 9.33. The Morgan fingerprint density at radius 3 is 2.80 bits per heavy atom. The van der Waals surface area contributed by atoms with E-state index in [0.29, 0.717) is 36.9 Å². The number of hydrogen-bond donors (Lipinski definition) is 2. The maximum absolute atomic E-state index is 12.8. The highest BCUT2D eigenvalue weighted by Gasteiger charge is 2.40. The van der Waals surface area contributed by atoms with Crippen LogP contribution < -0.4 is 15.4 Å². The van der Waals surface area contributed by atoms with Crippen LogP contribution in [0.15, 0.2) is 18.3 Å². The lowest BCUT2D eigenvalue weighted by Gasteiger charge is -2.34. The van der Waals surface area contributed by atoms with Crippen molar-refractivity contribution in [3.8, 4) is 5.75 Å². The first-order valence-electron chi connectivity index (χ1n) is 9.39. The Hall–Kier alpha value is -1.66. The van der Waals surface area contributed by atoms with E-state index in [0.717, 1.165) is 13.1 Å². The third kappa shape index (κ3) is 4.50. The molecular weight excluding hydrogens is 318 g/mol. The van der Waals surface area contributed by atoms with Gasteiger partial charge in [0.05, 0.1) is 6.61 Å². The van der Waals surface area contributed by atoms with Crippen molar-refractivity contribution < 1.29 is 14.3 Å². The number of aromatic nitrogens is 1. The van der Waals surface area contributed by atoms with Crippen LogP contribution in [-0.4, -0.2) is 43.3 Å². The summed E-state index contributed by atoms with van der Waals surface area (Å²) in [5, 5.41) is 6.19. The number of piperidine rings is 1. The number of carbonyl (C=O) groups is 1. The van der Waals surface area contributed by atoms with E-state index >= 15 is 0 Å². The smallest absolute Gasteiger partial charge is 0.257 e. The second-order valence-electron chi connectivity index (χ2n) is 7.07. The van der Waals surface area contributed by atoms with E-state index in [1.165, 1.54) is 32.1 Å². The average molecular weight is 347 g/mol. The number of nitrogens with one attached hydrogen (secondary N) is 2. The monoisotopic (exact) mass is 347 g/mol. The topological polar surface area (TPSA) is 72.5 Å². The molecule has 1 saturated carbocycles. The van der Waals surface area contributed by atoms with Gasteiger partial charge in [-0.15, -0.1) is 0 Å². The first kappa shape index (κ1) is 18.1. The molecule has 6 nitrogen and oxygen atoms in total. The number of amides is 1. The molecule has 0 unspecified atom stereocenters. The minimum Gasteiger partial charge on any atom is -0.489 e. The molecule has 6 heteroatoms. The SMILES string of the molecule is COC1(C(=O)Nc2ncccc2OCC2CCCCC2)CCNCC1. The van der Waals surface area contributed by atoms with Gasteiger partial charge in [-0.05, 0) is 56.8 Å². The Labute approximate surface area is 149 Å². The Balaban J connectivity index is 1.64. The second-order valence-corrected chi connectivity index (χ2v) is 7.07. The lowest BCUT2D eigenvalue weighted by Crippen LogP contribution is -2.51. The van der Waals surface area contributed by atoms with Crippen LogP contribution in [0.1, 0.15) is 44.9 Å². The van der Waals surface area contributed by atoms with Crippen molar-refractivity contribution >= 4 is 11.7 Å². The lowest BCUT2D eigenvalue weighted by molar-refractivity contribution is -0.140. The summed E-state index contributed by atoms with van der Waals surface area (Å²) in [6, 6.07) is 3.70. The summed E-state index contributed by atoms with van der Waals surface area (Å²) in [4.78, 5) is 17.1. The fourth-order valence-electron chi connectivity index (χ4n) is 3.74. The van der Waals surface area contributed by atoms with Gasteiger partial charge < -0.3 is 20.1 Å². The van der Waals surface area contributed by atoms with Gasteiger partial charge in [0.2, 0.25) is 0 Å². The molecule has 0 bridgehead atoms. The molecule has 1 aliphatic heterocycles. The molecule has 3 rings (SSSR count). The number of ether oxygens (including phenoxy) is 2. The minimum atomic E-state index is -0.788. The molecule has 0 spiro atoms. The predicted octanol–water partition coefficient (Wildman–Crippen LogP) is 2.75. The van der Waals surface area contributed by atoms with Crippen molar-refractivity contribution in [2.45, 2.75) is 50.5 Å². The summed E-state index contributed by atoms with van der Waals surface area (Å²) in [5.74, 6) is 1.59. The quantitative estimate of drug-likeness (QED) is 0.828. The van der Waals surface area contributed by atoms with Crippen LogP contribution in [0.4, 0.5) is 5.82 Å². The Morgan fingerprint density at radius 2 is 2.08 bits per heavy atom. The standard InChI is InChI=1S/C19H29N3O3/c1-24-19(9-12-20-13-10-19)18(23)22-17-16(8-5-11-21-17)25-14-15-6-3-2-4-7-15/h5,8,11,15,20H,2-4,6-7,9-10,12-14H2,1H3,(H,21,22,23). The highest BCUT2D eigenvalue weighted by atomic mass is 16.5. The minimum absolute atomic E-state index is 0.141. The van der Waals surface area contributed by atoms with Crippen molar-refractivity contribution in [1.29, 1.82) is 0 Å². The fraction of sp³-hybridized carbons (Fsp3) is 0.684. The molecule has 138 valence electrons. The molecule has 2 heterocycles. The summed E-state index contributed by atoms with van der Waals surface area (Å²) in [7, 11) is 1.60. The van der Waals surface area contributed by atoms with Crippen LogP contribution in [0.5, 0.6) is 5.75 Å². The highest BCUT2D eigenvalue weighted by Crippen LogP contribution is 2.29. The van der Waals surface area contributed by atoms with E-state index in [1.54, 1.807) is 13.3 Å². The normalized spacial score (nSPS) is 20.8. The number of nitrogens with zero attached hydrogens (tertiary/aromatic N) is 1. The van der Waals surface area contributed by atoms with Gasteiger partial charge in [0.25, 0.3) is 5.91 Å². The van der Waals surface area contributed by atoms with Crippen LogP contribution in [0.3, 0.4) is 0 Å². The summed E-state index contributed by atoms with van der Waals surface area (Å²) < 4.78 is 11.6. The van der Waals surface area contributed by atoms with Gasteiger partial charge in [-0.25, -0.2) is 4.98 Å². The number of rotatable bonds is 6. The molecule has 0 atom stereocenters. The Kier molecular flexibility index (Phi) is 6.26. The third-order valence-corrected chi connectivity index (χ3v) is 5.42. The van der Waals surface area contributed by atoms with E-state index in [4.69, 9.17) is 9.47 Å². The second kappa shape index (κ2) is 8.63. The third-order valence-electron chi connectivity index (χ3n) is 5.42. The molecule has 1 aromatic heterocycles. The highest BCUT2D eigenvalue weighted by molar-refractivity contribution is 5.97. The number of methoxy groups -OCH3 is 1. The van der Waals surface area contributed by atoms with Gasteiger partial charge in [0.1, 0.15) is 5.60 Å². The molecule has 1 aromatic rings. The number of hydrogen-bond acceptors (Lipinski definition) is 5. The molecule has 2 N–H and O–H groups in total. The Bertz CT molecular complexity index is 567. The first-order chi connectivity index (χ1) is 12.2. The van der Waals surface area contributed by atoms with E-state index in [9.17, 15) is 4.79 Å². The maximum Gasteiger partial charge on any atom is 0.257 e. The van der Waals surface area contributed by atoms with Crippen molar-refractivity contribution in [3.63, 3.8) is 0 Å². The van der Waals surface area contributed by atoms with E-state index in [1.807, 2.05) is 12.1 Å². The summed E-state index contributed by atoms with van der Waals surface area (Å²) in [5.41, 5.74) is -0.788. The summed E-state index contributed by atoms with van der Waals surface area (Å²) in [6.45, 7) is 2.23. The molecule has 1 saturated heterocycles. The Morgan fingerprint density at radius 1 is 1.32 bits per heavy atom. The molecule has 25 heavy (non-hydrogen) atoms. The molecule has 0 radical (unpaired) electrons. The van der Waals surface area contributed by atoms with Crippen molar-refractivity contribution in [2.24, 2.45) is 5.92 Å². The lowest BCUT2D eigenvalue weighted by atomic mass is 9.90. The van der Waals surface area contributed by atoms with Crippen molar-refractivity contribution in [3.05, 3.63) is 18.3 Å². The van der Waals surface area contributed by atoms with Crippen molar-refractivity contribution in [2.75, 3.05) is 32.1 Å². The van der Waals surface area contributed by atoms with E-state index < -0.39 is 5.60 Å². The van der Waals surface area contributed by atoms with Gasteiger partial charge in [-0.3, -0.25) is 4.79 Å². The molecule has 2 fully saturated rings. The zero-order valence-electron chi connectivity index (χ0n) is 15.1. The van der Waals surface area contributed by atoms with Crippen LogP contribution in [0.25, 0.3) is 0 Å². The maximum atomic E-state index is 12.8. The number of carbonyl (C=O) groups excluding carboxylic acids is 1. The molecule has 1 aliphatic carbocycles. The van der Waals surface area contributed by atoms with Crippen molar-refractivity contribution in [1.82, 2.24) is 10.3 Å². The average Bonchev–Trinajstić information content (AvgIpc) is 2.68. The first-order valence-corrected chi connectivity index (χ1v) is 9.39. The zero-order chi connectivity index (χ0) is 17.5.